The predicted molar refractivity (Wildman–Crippen MR) is 82.7 cm³/mol. The Labute approximate surface area is 131 Å². The van der Waals surface area contributed by atoms with Crippen LogP contribution < -0.4 is 4.74 Å². The van der Waals surface area contributed by atoms with Crippen LogP contribution >= 0.6 is 23.4 Å². The molecule has 0 saturated heterocycles. The van der Waals surface area contributed by atoms with Gasteiger partial charge >= 0.3 is 0 Å². The summed E-state index contributed by atoms with van der Waals surface area (Å²) in [5.74, 6) is 1.000. The highest BCUT2D eigenvalue weighted by Crippen LogP contribution is 2.36. The standard InChI is InChI=1S/C16H14ClFO2S/c17-11-6-5-10(7-12(11)18)8-13(19)15-9-21-16-4-2-1-3-14(16)20-15/h1-7,13,15,19H,8-9H2. The first-order valence-corrected chi connectivity index (χ1v) is 8.00. The minimum absolute atomic E-state index is 0.0895. The maximum Gasteiger partial charge on any atom is 0.142 e. The Hall–Kier alpha value is -1.23. The van der Waals surface area contributed by atoms with E-state index in [0.717, 1.165) is 10.6 Å². The Bertz CT molecular complexity index is 650. The van der Waals surface area contributed by atoms with Gasteiger partial charge in [0.1, 0.15) is 17.7 Å². The first-order chi connectivity index (χ1) is 10.1. The fraction of sp³-hybridized carbons (Fsp3) is 0.250. The molecule has 0 amide bonds. The van der Waals surface area contributed by atoms with E-state index in [0.29, 0.717) is 17.7 Å². The van der Waals surface area contributed by atoms with Crippen molar-refractivity contribution in [3.05, 3.63) is 58.9 Å². The average Bonchev–Trinajstić information content (AvgIpc) is 2.50. The van der Waals surface area contributed by atoms with Gasteiger partial charge in [0.15, 0.2) is 0 Å². The number of fused-ring (bicyclic) bond motifs is 1. The van der Waals surface area contributed by atoms with Crippen molar-refractivity contribution >= 4 is 23.4 Å². The second kappa shape index (κ2) is 6.26. The van der Waals surface area contributed by atoms with Crippen LogP contribution in [0.4, 0.5) is 4.39 Å². The molecule has 110 valence electrons. The summed E-state index contributed by atoms with van der Waals surface area (Å²) in [6, 6.07) is 12.3. The third-order valence-electron chi connectivity index (χ3n) is 3.39. The fourth-order valence-corrected chi connectivity index (χ4v) is 3.45. The van der Waals surface area contributed by atoms with Gasteiger partial charge in [0.05, 0.1) is 11.1 Å². The molecule has 0 aromatic heterocycles. The van der Waals surface area contributed by atoms with Crippen LogP contribution in [0.3, 0.4) is 0 Å². The molecule has 0 fully saturated rings. The third-order valence-corrected chi connectivity index (χ3v) is 4.84. The number of rotatable bonds is 3. The molecule has 1 heterocycles. The van der Waals surface area contributed by atoms with Gasteiger partial charge in [-0.2, -0.15) is 0 Å². The number of benzene rings is 2. The van der Waals surface area contributed by atoms with E-state index in [1.54, 1.807) is 17.8 Å². The van der Waals surface area contributed by atoms with E-state index in [-0.39, 0.29) is 11.1 Å². The van der Waals surface area contributed by atoms with Gasteiger partial charge in [-0.3, -0.25) is 0 Å². The zero-order chi connectivity index (χ0) is 14.8. The maximum atomic E-state index is 13.4. The molecule has 1 N–H and O–H groups in total. The lowest BCUT2D eigenvalue weighted by atomic mass is 10.0. The van der Waals surface area contributed by atoms with Gasteiger partial charge in [-0.15, -0.1) is 11.8 Å². The molecule has 1 aliphatic rings. The van der Waals surface area contributed by atoms with Crippen molar-refractivity contribution in [3.8, 4) is 5.75 Å². The fourth-order valence-electron chi connectivity index (χ4n) is 2.26. The summed E-state index contributed by atoms with van der Waals surface area (Å²) in [4.78, 5) is 1.08. The molecule has 2 aromatic carbocycles. The van der Waals surface area contributed by atoms with Gasteiger partial charge in [0.2, 0.25) is 0 Å². The summed E-state index contributed by atoms with van der Waals surface area (Å²) in [6.45, 7) is 0. The highest BCUT2D eigenvalue weighted by atomic mass is 35.5. The molecule has 2 nitrogen and oxygen atoms in total. The van der Waals surface area contributed by atoms with Crippen LogP contribution in [0.1, 0.15) is 5.56 Å². The third kappa shape index (κ3) is 3.34. The molecule has 2 atom stereocenters. The summed E-state index contributed by atoms with van der Waals surface area (Å²) in [6.07, 6.45) is -0.656. The van der Waals surface area contributed by atoms with Crippen molar-refractivity contribution in [3.63, 3.8) is 0 Å². The topological polar surface area (TPSA) is 29.5 Å². The number of thioether (sulfide) groups is 1. The molecule has 5 heteroatoms. The van der Waals surface area contributed by atoms with Gasteiger partial charge < -0.3 is 9.84 Å². The number of hydrogen-bond donors (Lipinski definition) is 1. The summed E-state index contributed by atoms with van der Waals surface area (Å²) in [7, 11) is 0. The summed E-state index contributed by atoms with van der Waals surface area (Å²) in [5, 5.41) is 10.4. The van der Waals surface area contributed by atoms with Gasteiger partial charge in [-0.1, -0.05) is 29.8 Å². The highest BCUT2D eigenvalue weighted by Gasteiger charge is 2.27. The van der Waals surface area contributed by atoms with Crippen LogP contribution in [0.5, 0.6) is 5.75 Å². The van der Waals surface area contributed by atoms with E-state index in [9.17, 15) is 9.50 Å². The quantitative estimate of drug-likeness (QED) is 0.927. The monoisotopic (exact) mass is 324 g/mol. The second-order valence-electron chi connectivity index (χ2n) is 4.93. The van der Waals surface area contributed by atoms with Gasteiger partial charge in [0.25, 0.3) is 0 Å². The van der Waals surface area contributed by atoms with Gasteiger partial charge in [-0.05, 0) is 29.8 Å². The lowest BCUT2D eigenvalue weighted by Crippen LogP contribution is -2.37. The first-order valence-electron chi connectivity index (χ1n) is 6.64. The van der Waals surface area contributed by atoms with Crippen LogP contribution in [0, 0.1) is 5.82 Å². The van der Waals surface area contributed by atoms with Crippen molar-refractivity contribution < 1.29 is 14.2 Å². The SMILES string of the molecule is OC(Cc1ccc(Cl)c(F)c1)C1CSc2ccccc2O1. The molecule has 21 heavy (non-hydrogen) atoms. The zero-order valence-corrected chi connectivity index (χ0v) is 12.7. The first kappa shape index (κ1) is 14.7. The van der Waals surface area contributed by atoms with Crippen LogP contribution in [0.25, 0.3) is 0 Å². The smallest absolute Gasteiger partial charge is 0.142 e. The van der Waals surface area contributed by atoms with E-state index in [2.05, 4.69) is 0 Å². The summed E-state index contributed by atoms with van der Waals surface area (Å²) >= 11 is 7.32. The van der Waals surface area contributed by atoms with E-state index >= 15 is 0 Å². The average molecular weight is 325 g/mol. The van der Waals surface area contributed by atoms with Gasteiger partial charge in [-0.25, -0.2) is 4.39 Å². The maximum absolute atomic E-state index is 13.4. The van der Waals surface area contributed by atoms with E-state index in [4.69, 9.17) is 16.3 Å². The Balaban J connectivity index is 1.69. The molecule has 0 bridgehead atoms. The molecule has 3 rings (SSSR count). The number of para-hydroxylation sites is 1. The summed E-state index contributed by atoms with van der Waals surface area (Å²) < 4.78 is 19.2. The molecule has 0 saturated carbocycles. The normalized spacial score (nSPS) is 18.7. The van der Waals surface area contributed by atoms with Crippen LogP contribution in [-0.2, 0) is 6.42 Å². The molecule has 0 radical (unpaired) electrons. The van der Waals surface area contributed by atoms with Crippen molar-refractivity contribution in [2.45, 2.75) is 23.5 Å². The van der Waals surface area contributed by atoms with Crippen LogP contribution in [0.2, 0.25) is 5.02 Å². The lowest BCUT2D eigenvalue weighted by molar-refractivity contribution is 0.0468. The summed E-state index contributed by atoms with van der Waals surface area (Å²) in [5.41, 5.74) is 0.705. The number of aliphatic hydroxyl groups is 1. The Morgan fingerprint density at radius 1 is 1.33 bits per heavy atom. The van der Waals surface area contributed by atoms with E-state index in [1.807, 2.05) is 24.3 Å². The lowest BCUT2D eigenvalue weighted by Gasteiger charge is -2.29. The van der Waals surface area contributed by atoms with Crippen molar-refractivity contribution in [2.24, 2.45) is 0 Å². The molecule has 0 aliphatic carbocycles. The number of aliphatic hydroxyl groups excluding tert-OH is 1. The number of halogens is 2. The van der Waals surface area contributed by atoms with E-state index < -0.39 is 11.9 Å². The highest BCUT2D eigenvalue weighted by molar-refractivity contribution is 7.99. The molecule has 0 spiro atoms. The van der Waals surface area contributed by atoms with Crippen molar-refractivity contribution in [1.29, 1.82) is 0 Å². The van der Waals surface area contributed by atoms with Gasteiger partial charge in [0, 0.05) is 17.1 Å². The van der Waals surface area contributed by atoms with Crippen LogP contribution in [0.15, 0.2) is 47.4 Å². The van der Waals surface area contributed by atoms with Crippen molar-refractivity contribution in [1.82, 2.24) is 0 Å². The molecule has 1 aliphatic heterocycles. The number of ether oxygens (including phenoxy) is 1. The number of hydrogen-bond acceptors (Lipinski definition) is 3. The predicted octanol–water partition coefficient (Wildman–Crippen LogP) is 3.94. The van der Waals surface area contributed by atoms with E-state index in [1.165, 1.54) is 12.1 Å². The Kier molecular flexibility index (Phi) is 4.38. The largest absolute Gasteiger partial charge is 0.486 e. The molecular formula is C16H14ClFO2S. The van der Waals surface area contributed by atoms with Crippen LogP contribution in [-0.4, -0.2) is 23.1 Å². The van der Waals surface area contributed by atoms with Crippen molar-refractivity contribution in [2.75, 3.05) is 5.75 Å². The minimum atomic E-state index is -0.688. The molecular weight excluding hydrogens is 311 g/mol. The second-order valence-corrected chi connectivity index (χ2v) is 6.40. The Morgan fingerprint density at radius 3 is 2.95 bits per heavy atom. The molecule has 2 unspecified atom stereocenters. The Morgan fingerprint density at radius 2 is 2.14 bits per heavy atom. The zero-order valence-electron chi connectivity index (χ0n) is 11.1. The molecule has 2 aromatic rings. The minimum Gasteiger partial charge on any atom is -0.486 e.